The number of amidine groups is 1. The lowest BCUT2D eigenvalue weighted by Gasteiger charge is -2.14. The maximum atomic E-state index is 12.9. The molecule has 2 rings (SSSR count). The molecule has 2 N–H and O–H groups in total. The number of benzene rings is 2. The molecule has 0 bridgehead atoms. The zero-order valence-electron chi connectivity index (χ0n) is 12.6. The van der Waals surface area contributed by atoms with Gasteiger partial charge in [0, 0.05) is 0 Å². The summed E-state index contributed by atoms with van der Waals surface area (Å²) in [7, 11) is 1.46. The summed E-state index contributed by atoms with van der Waals surface area (Å²) in [4.78, 5) is 3.90. The SMILES string of the molecule is COc1ccccc1Oc1ccc(C(F)(F)F)cc1N=C(N)CCl. The Balaban J connectivity index is 2.48. The van der Waals surface area contributed by atoms with Gasteiger partial charge < -0.3 is 15.2 Å². The van der Waals surface area contributed by atoms with E-state index in [1.54, 1.807) is 24.3 Å². The minimum atomic E-state index is -4.51. The standard InChI is InChI=1S/C16H14ClF3N2O2/c1-23-13-4-2-3-5-14(13)24-12-7-6-10(16(18,19)20)8-11(12)22-15(21)9-17/h2-8H,9H2,1H3,(H2,21,22). The fraction of sp³-hybridized carbons (Fsp3) is 0.188. The molecule has 0 amide bonds. The molecule has 0 aliphatic carbocycles. The topological polar surface area (TPSA) is 56.8 Å². The highest BCUT2D eigenvalue weighted by Crippen LogP contribution is 2.40. The predicted molar refractivity (Wildman–Crippen MR) is 86.5 cm³/mol. The Morgan fingerprint density at radius 1 is 1.12 bits per heavy atom. The Bertz CT molecular complexity index is 748. The lowest BCUT2D eigenvalue weighted by molar-refractivity contribution is -0.137. The third-order valence-corrected chi connectivity index (χ3v) is 3.25. The first-order chi connectivity index (χ1) is 11.3. The van der Waals surface area contributed by atoms with Gasteiger partial charge in [0.05, 0.1) is 18.6 Å². The molecule has 0 saturated heterocycles. The van der Waals surface area contributed by atoms with E-state index in [-0.39, 0.29) is 23.2 Å². The number of hydrogen-bond acceptors (Lipinski definition) is 3. The van der Waals surface area contributed by atoms with Crippen molar-refractivity contribution in [3.05, 3.63) is 48.0 Å². The molecule has 0 aliphatic heterocycles. The van der Waals surface area contributed by atoms with Crippen LogP contribution in [0.2, 0.25) is 0 Å². The molecule has 2 aromatic rings. The molecule has 0 saturated carbocycles. The van der Waals surface area contributed by atoms with Gasteiger partial charge >= 0.3 is 6.18 Å². The van der Waals surface area contributed by atoms with Gasteiger partial charge in [-0.1, -0.05) is 12.1 Å². The molecule has 0 atom stereocenters. The van der Waals surface area contributed by atoms with Crippen LogP contribution in [0, 0.1) is 0 Å². The second kappa shape index (κ2) is 7.44. The summed E-state index contributed by atoms with van der Waals surface area (Å²) < 4.78 is 49.5. The Morgan fingerprint density at radius 2 is 1.79 bits per heavy atom. The Hall–Kier alpha value is -2.41. The van der Waals surface area contributed by atoms with Crippen molar-refractivity contribution in [1.82, 2.24) is 0 Å². The summed E-state index contributed by atoms with van der Waals surface area (Å²) in [6, 6.07) is 9.66. The van der Waals surface area contributed by atoms with E-state index in [1.807, 2.05) is 0 Å². The number of ether oxygens (including phenoxy) is 2. The highest BCUT2D eigenvalue weighted by molar-refractivity contribution is 6.28. The van der Waals surface area contributed by atoms with Crippen LogP contribution in [0.15, 0.2) is 47.5 Å². The average molecular weight is 359 g/mol. The van der Waals surface area contributed by atoms with Crippen LogP contribution >= 0.6 is 11.6 Å². The van der Waals surface area contributed by atoms with Crippen LogP contribution < -0.4 is 15.2 Å². The third kappa shape index (κ3) is 4.32. The molecular formula is C16H14ClF3N2O2. The van der Waals surface area contributed by atoms with E-state index in [9.17, 15) is 13.2 Å². The molecule has 8 heteroatoms. The monoisotopic (exact) mass is 358 g/mol. The van der Waals surface area contributed by atoms with E-state index in [0.29, 0.717) is 11.5 Å². The molecule has 128 valence electrons. The number of para-hydroxylation sites is 2. The molecule has 2 aromatic carbocycles. The molecule has 0 unspecified atom stereocenters. The highest BCUT2D eigenvalue weighted by atomic mass is 35.5. The molecule has 24 heavy (non-hydrogen) atoms. The smallest absolute Gasteiger partial charge is 0.416 e. The molecule has 0 radical (unpaired) electrons. The lowest BCUT2D eigenvalue weighted by Crippen LogP contribution is -2.12. The van der Waals surface area contributed by atoms with Crippen LogP contribution in [-0.2, 0) is 6.18 Å². The number of aliphatic imine (C=N–C) groups is 1. The van der Waals surface area contributed by atoms with E-state index < -0.39 is 11.7 Å². The van der Waals surface area contributed by atoms with Crippen LogP contribution in [0.25, 0.3) is 0 Å². The number of rotatable bonds is 5. The number of nitrogens with zero attached hydrogens (tertiary/aromatic N) is 1. The average Bonchev–Trinajstić information content (AvgIpc) is 2.55. The van der Waals surface area contributed by atoms with Crippen LogP contribution in [0.3, 0.4) is 0 Å². The number of methoxy groups -OCH3 is 1. The Morgan fingerprint density at radius 3 is 2.38 bits per heavy atom. The van der Waals surface area contributed by atoms with Gasteiger partial charge in [-0.3, -0.25) is 0 Å². The Labute approximate surface area is 141 Å². The number of alkyl halides is 4. The van der Waals surface area contributed by atoms with Crippen molar-refractivity contribution in [3.8, 4) is 17.2 Å². The molecule has 0 spiro atoms. The number of halogens is 4. The fourth-order valence-electron chi connectivity index (χ4n) is 1.87. The second-order valence-electron chi connectivity index (χ2n) is 4.67. The lowest BCUT2D eigenvalue weighted by atomic mass is 10.2. The maximum absolute atomic E-state index is 12.9. The van der Waals surface area contributed by atoms with Crippen molar-refractivity contribution in [2.75, 3.05) is 13.0 Å². The summed E-state index contributed by atoms with van der Waals surface area (Å²) in [5.74, 6) is 0.712. The first kappa shape index (κ1) is 17.9. The minimum Gasteiger partial charge on any atom is -0.493 e. The zero-order valence-corrected chi connectivity index (χ0v) is 13.4. The zero-order chi connectivity index (χ0) is 17.7. The van der Waals surface area contributed by atoms with Crippen LogP contribution in [0.1, 0.15) is 5.56 Å². The largest absolute Gasteiger partial charge is 0.493 e. The second-order valence-corrected chi connectivity index (χ2v) is 4.94. The minimum absolute atomic E-state index is 0.0270. The number of nitrogens with two attached hydrogens (primary N) is 1. The van der Waals surface area contributed by atoms with E-state index >= 15 is 0 Å². The molecule has 0 heterocycles. The van der Waals surface area contributed by atoms with Crippen LogP contribution in [0.4, 0.5) is 18.9 Å². The van der Waals surface area contributed by atoms with Gasteiger partial charge in [0.1, 0.15) is 11.5 Å². The number of hydrogen-bond donors (Lipinski definition) is 1. The third-order valence-electron chi connectivity index (χ3n) is 2.98. The van der Waals surface area contributed by atoms with Gasteiger partial charge in [-0.05, 0) is 30.3 Å². The van der Waals surface area contributed by atoms with Crippen molar-refractivity contribution in [2.45, 2.75) is 6.18 Å². The summed E-state index contributed by atoms with van der Waals surface area (Å²) in [6.45, 7) is 0. The van der Waals surface area contributed by atoms with Gasteiger partial charge in [0.15, 0.2) is 17.2 Å². The van der Waals surface area contributed by atoms with Gasteiger partial charge in [-0.15, -0.1) is 11.6 Å². The van der Waals surface area contributed by atoms with Crippen molar-refractivity contribution < 1.29 is 22.6 Å². The van der Waals surface area contributed by atoms with Crippen LogP contribution in [0.5, 0.6) is 17.2 Å². The highest BCUT2D eigenvalue weighted by Gasteiger charge is 2.31. The maximum Gasteiger partial charge on any atom is 0.416 e. The van der Waals surface area contributed by atoms with E-state index in [0.717, 1.165) is 12.1 Å². The normalized spacial score (nSPS) is 12.1. The Kier molecular flexibility index (Phi) is 5.56. The van der Waals surface area contributed by atoms with Crippen molar-refractivity contribution in [1.29, 1.82) is 0 Å². The molecular weight excluding hydrogens is 345 g/mol. The van der Waals surface area contributed by atoms with E-state index in [1.165, 1.54) is 13.2 Å². The first-order valence-electron chi connectivity index (χ1n) is 6.76. The van der Waals surface area contributed by atoms with E-state index in [4.69, 9.17) is 26.8 Å². The van der Waals surface area contributed by atoms with Crippen molar-refractivity contribution >= 4 is 23.1 Å². The van der Waals surface area contributed by atoms with Gasteiger partial charge in [-0.25, -0.2) is 4.99 Å². The van der Waals surface area contributed by atoms with Gasteiger partial charge in [0.25, 0.3) is 0 Å². The summed E-state index contributed by atoms with van der Waals surface area (Å²) in [5.41, 5.74) is 4.60. The molecule has 4 nitrogen and oxygen atoms in total. The van der Waals surface area contributed by atoms with E-state index in [2.05, 4.69) is 4.99 Å². The quantitative estimate of drug-likeness (QED) is 0.477. The van der Waals surface area contributed by atoms with Crippen molar-refractivity contribution in [2.24, 2.45) is 10.7 Å². The summed E-state index contributed by atoms with van der Waals surface area (Å²) in [5, 5.41) is 0. The molecule has 0 aliphatic rings. The molecule has 0 aromatic heterocycles. The molecule has 0 fully saturated rings. The van der Waals surface area contributed by atoms with Gasteiger partial charge in [-0.2, -0.15) is 13.2 Å². The summed E-state index contributed by atoms with van der Waals surface area (Å²) >= 11 is 5.55. The predicted octanol–water partition coefficient (Wildman–Crippen LogP) is 4.73. The summed E-state index contributed by atoms with van der Waals surface area (Å²) in [6.07, 6.45) is -4.51. The fourth-order valence-corrected chi connectivity index (χ4v) is 1.93. The van der Waals surface area contributed by atoms with Gasteiger partial charge in [0.2, 0.25) is 0 Å². The van der Waals surface area contributed by atoms with Crippen LogP contribution in [-0.4, -0.2) is 18.8 Å². The first-order valence-corrected chi connectivity index (χ1v) is 7.29. The van der Waals surface area contributed by atoms with Crippen molar-refractivity contribution in [3.63, 3.8) is 0 Å².